The first kappa shape index (κ1) is 21.9. The number of Topliss-reactive ketones (excluding diaryl/α,β-unsaturated/α-hetero) is 1. The highest BCUT2D eigenvalue weighted by Gasteiger charge is 2.46. The number of carbonyl (C=O) groups is 1. The molecule has 0 spiro atoms. The standard InChI is InChI=1S/C20H16F6O4/c21-19(22,23)29-14-7-3-12(4-8-14)17(27)16-2-1-11-18(16,28)13-5-9-15(10-6-13)30-20(24,25)26/h3-10,16,28H,1-2,11H2/t16-,18+/m0/s1. The smallest absolute Gasteiger partial charge is 0.406 e. The summed E-state index contributed by atoms with van der Waals surface area (Å²) in [5.74, 6) is -2.33. The van der Waals surface area contributed by atoms with Crippen molar-refractivity contribution < 1.29 is 45.7 Å². The minimum Gasteiger partial charge on any atom is -0.406 e. The highest BCUT2D eigenvalue weighted by atomic mass is 19.4. The molecule has 162 valence electrons. The maximum absolute atomic E-state index is 12.9. The van der Waals surface area contributed by atoms with E-state index >= 15 is 0 Å². The summed E-state index contributed by atoms with van der Waals surface area (Å²) in [4.78, 5) is 12.9. The molecule has 2 aromatic carbocycles. The average molecular weight is 434 g/mol. The number of hydrogen-bond donors (Lipinski definition) is 1. The van der Waals surface area contributed by atoms with Crippen molar-refractivity contribution >= 4 is 5.78 Å². The van der Waals surface area contributed by atoms with Gasteiger partial charge in [0, 0.05) is 5.56 Å². The Kier molecular flexibility index (Phi) is 5.72. The largest absolute Gasteiger partial charge is 0.573 e. The third kappa shape index (κ3) is 5.05. The Bertz CT molecular complexity index is 889. The lowest BCUT2D eigenvalue weighted by Crippen LogP contribution is -2.35. The minimum atomic E-state index is -4.86. The maximum Gasteiger partial charge on any atom is 0.573 e. The Morgan fingerprint density at radius 2 is 1.33 bits per heavy atom. The predicted molar refractivity (Wildman–Crippen MR) is 91.8 cm³/mol. The Balaban J connectivity index is 1.79. The van der Waals surface area contributed by atoms with Gasteiger partial charge in [-0.05, 0) is 61.2 Å². The van der Waals surface area contributed by atoms with Crippen LogP contribution >= 0.6 is 0 Å². The maximum atomic E-state index is 12.9. The van der Waals surface area contributed by atoms with Crippen LogP contribution in [0.1, 0.15) is 35.2 Å². The molecule has 10 heteroatoms. The molecule has 30 heavy (non-hydrogen) atoms. The predicted octanol–water partition coefficient (Wildman–Crippen LogP) is 5.35. The van der Waals surface area contributed by atoms with Gasteiger partial charge < -0.3 is 14.6 Å². The van der Waals surface area contributed by atoms with E-state index in [0.717, 1.165) is 24.3 Å². The lowest BCUT2D eigenvalue weighted by atomic mass is 9.79. The summed E-state index contributed by atoms with van der Waals surface area (Å²) in [7, 11) is 0. The molecule has 1 N–H and O–H groups in total. The second kappa shape index (κ2) is 7.82. The molecule has 0 unspecified atom stereocenters. The topological polar surface area (TPSA) is 55.8 Å². The quantitative estimate of drug-likeness (QED) is 0.509. The summed E-state index contributed by atoms with van der Waals surface area (Å²) in [6.45, 7) is 0. The van der Waals surface area contributed by atoms with Gasteiger partial charge in [-0.1, -0.05) is 12.1 Å². The van der Waals surface area contributed by atoms with Crippen LogP contribution in [0, 0.1) is 5.92 Å². The molecule has 0 aliphatic heterocycles. The minimum absolute atomic E-state index is 0.0897. The van der Waals surface area contributed by atoms with Gasteiger partial charge in [0.05, 0.1) is 11.5 Å². The molecule has 2 atom stereocenters. The molecule has 0 bridgehead atoms. The summed E-state index contributed by atoms with van der Waals surface area (Å²) >= 11 is 0. The fourth-order valence-electron chi connectivity index (χ4n) is 3.65. The summed E-state index contributed by atoms with van der Waals surface area (Å²) in [6.07, 6.45) is -8.70. The Hall–Kier alpha value is -2.75. The third-order valence-electron chi connectivity index (χ3n) is 4.90. The number of halogens is 6. The second-order valence-electron chi connectivity index (χ2n) is 6.88. The molecule has 0 aromatic heterocycles. The molecule has 0 heterocycles. The Morgan fingerprint density at radius 1 is 0.867 bits per heavy atom. The summed E-state index contributed by atoms with van der Waals surface area (Å²) in [5.41, 5.74) is -1.27. The molecular formula is C20H16F6O4. The monoisotopic (exact) mass is 434 g/mol. The summed E-state index contributed by atoms with van der Waals surface area (Å²) < 4.78 is 81.3. The average Bonchev–Trinajstić information content (AvgIpc) is 3.02. The van der Waals surface area contributed by atoms with Crippen molar-refractivity contribution in [2.75, 3.05) is 0 Å². The molecule has 0 saturated heterocycles. The zero-order valence-electron chi connectivity index (χ0n) is 15.3. The van der Waals surface area contributed by atoms with Crippen LogP contribution in [0.2, 0.25) is 0 Å². The van der Waals surface area contributed by atoms with Crippen LogP contribution in [0.25, 0.3) is 0 Å². The van der Waals surface area contributed by atoms with E-state index in [9.17, 15) is 36.2 Å². The number of rotatable bonds is 5. The molecule has 1 fully saturated rings. The number of ether oxygens (including phenoxy) is 2. The van der Waals surface area contributed by atoms with Crippen molar-refractivity contribution in [3.05, 3.63) is 59.7 Å². The van der Waals surface area contributed by atoms with Gasteiger partial charge in [0.1, 0.15) is 11.5 Å². The molecule has 1 aliphatic carbocycles. The first-order valence-electron chi connectivity index (χ1n) is 8.86. The Morgan fingerprint density at radius 3 is 1.80 bits per heavy atom. The molecule has 1 saturated carbocycles. The van der Waals surface area contributed by atoms with Crippen molar-refractivity contribution in [3.63, 3.8) is 0 Å². The third-order valence-corrected chi connectivity index (χ3v) is 4.90. The lowest BCUT2D eigenvalue weighted by Gasteiger charge is -2.30. The van der Waals surface area contributed by atoms with Gasteiger partial charge in [0.15, 0.2) is 5.78 Å². The first-order chi connectivity index (χ1) is 13.9. The van der Waals surface area contributed by atoms with Crippen LogP contribution in [0.4, 0.5) is 26.3 Å². The van der Waals surface area contributed by atoms with Crippen LogP contribution in [-0.2, 0) is 5.60 Å². The number of carbonyl (C=O) groups excluding carboxylic acids is 1. The molecule has 3 rings (SSSR count). The fourth-order valence-corrected chi connectivity index (χ4v) is 3.65. The molecule has 0 radical (unpaired) electrons. The summed E-state index contributed by atoms with van der Waals surface area (Å²) in [5, 5.41) is 11.1. The molecular weight excluding hydrogens is 418 g/mol. The van der Waals surface area contributed by atoms with Crippen LogP contribution in [0.15, 0.2) is 48.5 Å². The van der Waals surface area contributed by atoms with Gasteiger partial charge in [-0.2, -0.15) is 0 Å². The highest BCUT2D eigenvalue weighted by Crippen LogP contribution is 2.45. The molecule has 1 aliphatic rings. The van der Waals surface area contributed by atoms with E-state index in [0.29, 0.717) is 12.8 Å². The summed E-state index contributed by atoms with van der Waals surface area (Å²) in [6, 6.07) is 8.94. The van der Waals surface area contributed by atoms with E-state index in [1.807, 2.05) is 0 Å². The van der Waals surface area contributed by atoms with Crippen molar-refractivity contribution in [2.45, 2.75) is 37.6 Å². The van der Waals surface area contributed by atoms with Gasteiger partial charge in [-0.25, -0.2) is 0 Å². The van der Waals surface area contributed by atoms with E-state index in [1.165, 1.54) is 24.3 Å². The van der Waals surface area contributed by atoms with E-state index in [4.69, 9.17) is 0 Å². The van der Waals surface area contributed by atoms with Crippen molar-refractivity contribution in [1.82, 2.24) is 0 Å². The SMILES string of the molecule is O=C(c1ccc(OC(F)(F)F)cc1)[C@@H]1CCC[C@@]1(O)c1ccc(OC(F)(F)F)cc1. The van der Waals surface area contributed by atoms with Crippen LogP contribution in [0.3, 0.4) is 0 Å². The second-order valence-corrected chi connectivity index (χ2v) is 6.88. The number of ketones is 1. The van der Waals surface area contributed by atoms with Crippen LogP contribution in [-0.4, -0.2) is 23.6 Å². The highest BCUT2D eigenvalue weighted by molar-refractivity contribution is 5.99. The van der Waals surface area contributed by atoms with Crippen molar-refractivity contribution in [1.29, 1.82) is 0 Å². The normalized spacial score (nSPS) is 22.0. The van der Waals surface area contributed by atoms with Gasteiger partial charge in [-0.3, -0.25) is 4.79 Å². The van der Waals surface area contributed by atoms with E-state index in [1.54, 1.807) is 0 Å². The zero-order valence-corrected chi connectivity index (χ0v) is 15.3. The first-order valence-corrected chi connectivity index (χ1v) is 8.86. The molecule has 0 amide bonds. The van der Waals surface area contributed by atoms with E-state index < -0.39 is 41.5 Å². The van der Waals surface area contributed by atoms with Crippen LogP contribution < -0.4 is 9.47 Å². The molecule has 4 nitrogen and oxygen atoms in total. The Labute approximate surface area is 167 Å². The lowest BCUT2D eigenvalue weighted by molar-refractivity contribution is -0.275. The van der Waals surface area contributed by atoms with Crippen LogP contribution in [0.5, 0.6) is 11.5 Å². The number of hydrogen-bond acceptors (Lipinski definition) is 4. The van der Waals surface area contributed by atoms with Crippen molar-refractivity contribution in [2.24, 2.45) is 5.92 Å². The number of aliphatic hydroxyl groups is 1. The van der Waals surface area contributed by atoms with E-state index in [-0.39, 0.29) is 17.5 Å². The van der Waals surface area contributed by atoms with Gasteiger partial charge in [0.25, 0.3) is 0 Å². The fraction of sp³-hybridized carbons (Fsp3) is 0.350. The van der Waals surface area contributed by atoms with Crippen molar-refractivity contribution in [3.8, 4) is 11.5 Å². The number of benzene rings is 2. The van der Waals surface area contributed by atoms with Gasteiger partial charge in [-0.15, -0.1) is 26.3 Å². The number of alkyl halides is 6. The van der Waals surface area contributed by atoms with E-state index in [2.05, 4.69) is 9.47 Å². The van der Waals surface area contributed by atoms with Gasteiger partial charge in [0.2, 0.25) is 0 Å². The molecule has 2 aromatic rings. The zero-order chi connectivity index (χ0) is 22.2. The van der Waals surface area contributed by atoms with Gasteiger partial charge >= 0.3 is 12.7 Å².